The number of ether oxygens (including phenoxy) is 1. The molecule has 72 valence electrons. The van der Waals surface area contributed by atoms with Crippen LogP contribution in [-0.2, 0) is 5.92 Å². The molecule has 1 nitrogen and oxygen atoms in total. The molecule has 1 aromatic rings. The van der Waals surface area contributed by atoms with E-state index in [4.69, 9.17) is 4.74 Å². The molecule has 0 spiro atoms. The molecule has 4 heteroatoms. The van der Waals surface area contributed by atoms with Crippen molar-refractivity contribution in [3.8, 4) is 5.75 Å². The van der Waals surface area contributed by atoms with E-state index in [1.807, 2.05) is 0 Å². The molecule has 0 aliphatic rings. The number of benzene rings is 1. The summed E-state index contributed by atoms with van der Waals surface area (Å²) < 4.78 is 31.2. The van der Waals surface area contributed by atoms with Crippen LogP contribution in [0.1, 0.15) is 12.5 Å². The number of hydrogen-bond acceptors (Lipinski definition) is 1. The lowest BCUT2D eigenvalue weighted by molar-refractivity contribution is 0.0172. The van der Waals surface area contributed by atoms with Gasteiger partial charge in [0.15, 0.2) is 0 Å². The smallest absolute Gasteiger partial charge is 0.270 e. The van der Waals surface area contributed by atoms with Crippen LogP contribution in [-0.4, -0.2) is 7.11 Å². The van der Waals surface area contributed by atoms with Gasteiger partial charge in [0.05, 0.1) is 11.6 Å². The fourth-order valence-corrected chi connectivity index (χ4v) is 1.34. The molecule has 0 saturated carbocycles. The third-order valence-electron chi connectivity index (χ3n) is 1.66. The van der Waals surface area contributed by atoms with E-state index in [0.29, 0.717) is 10.2 Å². The minimum absolute atomic E-state index is 0.0486. The fourth-order valence-electron chi connectivity index (χ4n) is 0.933. The van der Waals surface area contributed by atoms with Crippen LogP contribution < -0.4 is 4.74 Å². The molecular weight excluding hydrogens is 242 g/mol. The summed E-state index contributed by atoms with van der Waals surface area (Å²) in [4.78, 5) is 0. The van der Waals surface area contributed by atoms with E-state index in [1.165, 1.54) is 19.2 Å². The van der Waals surface area contributed by atoms with Gasteiger partial charge in [-0.2, -0.15) is 0 Å². The van der Waals surface area contributed by atoms with Crippen LogP contribution >= 0.6 is 15.9 Å². The van der Waals surface area contributed by atoms with Crippen LogP contribution in [0.2, 0.25) is 0 Å². The van der Waals surface area contributed by atoms with Gasteiger partial charge in [0, 0.05) is 12.5 Å². The van der Waals surface area contributed by atoms with E-state index < -0.39 is 5.92 Å². The molecule has 0 aliphatic heterocycles. The lowest BCUT2D eigenvalue weighted by Gasteiger charge is -2.12. The molecule has 0 fully saturated rings. The van der Waals surface area contributed by atoms with E-state index in [0.717, 1.165) is 6.92 Å². The minimum atomic E-state index is -2.83. The first-order chi connectivity index (χ1) is 5.95. The summed E-state index contributed by atoms with van der Waals surface area (Å²) in [6, 6.07) is 4.24. The average Bonchev–Trinajstić information content (AvgIpc) is 2.03. The van der Waals surface area contributed by atoms with E-state index in [2.05, 4.69) is 15.9 Å². The SMILES string of the molecule is COc1cc(C(C)(F)F)ccc1Br. The highest BCUT2D eigenvalue weighted by atomic mass is 79.9. The van der Waals surface area contributed by atoms with Gasteiger partial charge in [0.25, 0.3) is 5.92 Å². The first-order valence-corrected chi connectivity index (χ1v) is 4.46. The second-order valence-electron chi connectivity index (χ2n) is 2.74. The maximum Gasteiger partial charge on any atom is 0.270 e. The summed E-state index contributed by atoms with van der Waals surface area (Å²) in [5.74, 6) is -2.41. The summed E-state index contributed by atoms with van der Waals surface area (Å²) in [5, 5.41) is 0. The Balaban J connectivity index is 3.14. The Morgan fingerprint density at radius 1 is 1.38 bits per heavy atom. The minimum Gasteiger partial charge on any atom is -0.496 e. The molecule has 1 rings (SSSR count). The topological polar surface area (TPSA) is 9.23 Å². The molecule has 0 N–H and O–H groups in total. The summed E-state index contributed by atoms with van der Waals surface area (Å²) in [6.45, 7) is 0.857. The van der Waals surface area contributed by atoms with Crippen LogP contribution in [0.3, 0.4) is 0 Å². The molecule has 13 heavy (non-hydrogen) atoms. The maximum absolute atomic E-state index is 12.8. The van der Waals surface area contributed by atoms with Crippen molar-refractivity contribution in [1.29, 1.82) is 0 Å². The van der Waals surface area contributed by atoms with E-state index in [1.54, 1.807) is 6.07 Å². The summed E-state index contributed by atoms with van der Waals surface area (Å²) in [5.41, 5.74) is -0.0486. The zero-order valence-electron chi connectivity index (χ0n) is 7.27. The maximum atomic E-state index is 12.8. The Morgan fingerprint density at radius 3 is 2.46 bits per heavy atom. The van der Waals surface area contributed by atoms with Crippen LogP contribution in [0.4, 0.5) is 8.78 Å². The van der Waals surface area contributed by atoms with E-state index in [9.17, 15) is 8.78 Å². The highest BCUT2D eigenvalue weighted by Crippen LogP contribution is 2.33. The molecule has 0 atom stereocenters. The zero-order chi connectivity index (χ0) is 10.1. The molecule has 0 saturated heterocycles. The van der Waals surface area contributed by atoms with Gasteiger partial charge < -0.3 is 4.74 Å². The van der Waals surface area contributed by atoms with E-state index >= 15 is 0 Å². The van der Waals surface area contributed by atoms with Crippen molar-refractivity contribution in [2.45, 2.75) is 12.8 Å². The average molecular weight is 251 g/mol. The molecule has 1 aromatic carbocycles. The Hall–Kier alpha value is -0.640. The van der Waals surface area contributed by atoms with Gasteiger partial charge in [-0.3, -0.25) is 0 Å². The largest absolute Gasteiger partial charge is 0.496 e. The van der Waals surface area contributed by atoms with Crippen molar-refractivity contribution in [3.63, 3.8) is 0 Å². The Morgan fingerprint density at radius 2 is 2.00 bits per heavy atom. The van der Waals surface area contributed by atoms with Crippen molar-refractivity contribution in [1.82, 2.24) is 0 Å². The number of rotatable bonds is 2. The first-order valence-electron chi connectivity index (χ1n) is 3.67. The van der Waals surface area contributed by atoms with E-state index in [-0.39, 0.29) is 5.56 Å². The standard InChI is InChI=1S/C9H9BrF2O/c1-9(11,12)6-3-4-7(10)8(5-6)13-2/h3-5H,1-2H3. The normalized spacial score (nSPS) is 11.5. The molecule has 0 bridgehead atoms. The Labute approximate surface area is 83.8 Å². The third-order valence-corrected chi connectivity index (χ3v) is 2.31. The van der Waals surface area contributed by atoms with Gasteiger partial charge in [0.1, 0.15) is 5.75 Å². The monoisotopic (exact) mass is 250 g/mol. The quantitative estimate of drug-likeness (QED) is 0.780. The number of halogens is 3. The molecule has 0 aromatic heterocycles. The molecule has 0 radical (unpaired) electrons. The summed E-state index contributed by atoms with van der Waals surface area (Å²) in [7, 11) is 1.44. The summed E-state index contributed by atoms with van der Waals surface area (Å²) in [6.07, 6.45) is 0. The van der Waals surface area contributed by atoms with Crippen molar-refractivity contribution in [2.75, 3.05) is 7.11 Å². The highest BCUT2D eigenvalue weighted by Gasteiger charge is 2.24. The predicted molar refractivity (Wildman–Crippen MR) is 50.3 cm³/mol. The third kappa shape index (κ3) is 2.40. The van der Waals surface area contributed by atoms with Gasteiger partial charge >= 0.3 is 0 Å². The van der Waals surface area contributed by atoms with Gasteiger partial charge in [-0.05, 0) is 28.1 Å². The first kappa shape index (κ1) is 10.4. The van der Waals surface area contributed by atoms with Crippen molar-refractivity contribution in [3.05, 3.63) is 28.2 Å². The molecular formula is C9H9BrF2O. The molecule has 0 aliphatic carbocycles. The summed E-state index contributed by atoms with van der Waals surface area (Å²) >= 11 is 3.19. The van der Waals surface area contributed by atoms with Crippen molar-refractivity contribution in [2.24, 2.45) is 0 Å². The Kier molecular flexibility index (Phi) is 2.91. The second kappa shape index (κ2) is 3.62. The van der Waals surface area contributed by atoms with Gasteiger partial charge in [-0.25, -0.2) is 8.78 Å². The number of hydrogen-bond donors (Lipinski definition) is 0. The Bertz CT molecular complexity index is 307. The van der Waals surface area contributed by atoms with Crippen LogP contribution in [0.15, 0.2) is 22.7 Å². The van der Waals surface area contributed by atoms with Crippen LogP contribution in [0, 0.1) is 0 Å². The van der Waals surface area contributed by atoms with Gasteiger partial charge in [0.2, 0.25) is 0 Å². The predicted octanol–water partition coefficient (Wildman–Crippen LogP) is 3.57. The van der Waals surface area contributed by atoms with Crippen LogP contribution in [0.5, 0.6) is 5.75 Å². The van der Waals surface area contributed by atoms with Crippen LogP contribution in [0.25, 0.3) is 0 Å². The van der Waals surface area contributed by atoms with Gasteiger partial charge in [-0.15, -0.1) is 0 Å². The van der Waals surface area contributed by atoms with Gasteiger partial charge in [-0.1, -0.05) is 6.07 Å². The molecule has 0 unspecified atom stereocenters. The number of alkyl halides is 2. The molecule has 0 heterocycles. The number of methoxy groups -OCH3 is 1. The second-order valence-corrected chi connectivity index (χ2v) is 3.59. The fraction of sp³-hybridized carbons (Fsp3) is 0.333. The van der Waals surface area contributed by atoms with Crippen molar-refractivity contribution >= 4 is 15.9 Å². The lowest BCUT2D eigenvalue weighted by Crippen LogP contribution is -2.06. The zero-order valence-corrected chi connectivity index (χ0v) is 8.86. The molecule has 0 amide bonds. The van der Waals surface area contributed by atoms with Crippen molar-refractivity contribution < 1.29 is 13.5 Å². The lowest BCUT2D eigenvalue weighted by atomic mass is 10.1. The highest BCUT2D eigenvalue weighted by molar-refractivity contribution is 9.10.